The van der Waals surface area contributed by atoms with Crippen LogP contribution in [0.25, 0.3) is 10.8 Å². The van der Waals surface area contributed by atoms with Gasteiger partial charge in [0, 0.05) is 5.69 Å². The molecule has 1 unspecified atom stereocenters. The fraction of sp³-hybridized carbons (Fsp3) is 0.375. The van der Waals surface area contributed by atoms with Crippen LogP contribution < -0.4 is 10.1 Å². The molecular weight excluding hydrogens is 238 g/mol. The van der Waals surface area contributed by atoms with Crippen molar-refractivity contribution < 1.29 is 9.84 Å². The molecule has 19 heavy (non-hydrogen) atoms. The molecule has 0 saturated heterocycles. The van der Waals surface area contributed by atoms with E-state index in [1.807, 2.05) is 24.3 Å². The highest BCUT2D eigenvalue weighted by molar-refractivity contribution is 5.87. The van der Waals surface area contributed by atoms with Crippen LogP contribution in [0, 0.1) is 5.92 Å². The molecule has 2 rings (SSSR count). The van der Waals surface area contributed by atoms with Gasteiger partial charge in [-0.05, 0) is 41.0 Å². The number of hydrogen-bond acceptors (Lipinski definition) is 3. The minimum atomic E-state index is 0.0794. The molecule has 0 spiro atoms. The van der Waals surface area contributed by atoms with E-state index in [1.54, 1.807) is 7.11 Å². The molecule has 102 valence electrons. The summed E-state index contributed by atoms with van der Waals surface area (Å²) in [6, 6.07) is 12.3. The van der Waals surface area contributed by atoms with Gasteiger partial charge in [-0.3, -0.25) is 0 Å². The van der Waals surface area contributed by atoms with E-state index in [0.717, 1.165) is 22.2 Å². The molecular formula is C16H21NO2. The summed E-state index contributed by atoms with van der Waals surface area (Å²) in [5.41, 5.74) is 1.03. The van der Waals surface area contributed by atoms with Gasteiger partial charge in [0.05, 0.1) is 19.8 Å². The lowest BCUT2D eigenvalue weighted by molar-refractivity contribution is 0.249. The highest BCUT2D eigenvalue weighted by Crippen LogP contribution is 2.24. The van der Waals surface area contributed by atoms with Crippen molar-refractivity contribution in [3.8, 4) is 5.75 Å². The number of anilines is 1. The van der Waals surface area contributed by atoms with Crippen LogP contribution in [0.5, 0.6) is 5.75 Å². The lowest BCUT2D eigenvalue weighted by Gasteiger charge is -2.21. The number of ether oxygens (including phenoxy) is 1. The first-order chi connectivity index (χ1) is 9.13. The number of nitrogens with one attached hydrogen (secondary N) is 1. The second-order valence-corrected chi connectivity index (χ2v) is 5.11. The summed E-state index contributed by atoms with van der Waals surface area (Å²) < 4.78 is 5.22. The lowest BCUT2D eigenvalue weighted by atomic mass is 10.0. The Labute approximate surface area is 114 Å². The Balaban J connectivity index is 2.26. The molecule has 2 aromatic carbocycles. The quantitative estimate of drug-likeness (QED) is 0.866. The maximum atomic E-state index is 9.36. The largest absolute Gasteiger partial charge is 0.497 e. The molecule has 3 heteroatoms. The minimum absolute atomic E-state index is 0.0794. The van der Waals surface area contributed by atoms with E-state index in [1.165, 1.54) is 0 Å². The topological polar surface area (TPSA) is 41.5 Å². The van der Waals surface area contributed by atoms with Gasteiger partial charge < -0.3 is 15.2 Å². The third-order valence-corrected chi connectivity index (χ3v) is 3.40. The number of hydrogen-bond donors (Lipinski definition) is 2. The standard InChI is InChI=1S/C16H21NO2/c1-11(2)16(10-18)17-14-6-4-13-9-15(19-3)7-5-12(13)8-14/h4-9,11,16-18H,10H2,1-3H3. The number of fused-ring (bicyclic) bond motifs is 1. The minimum Gasteiger partial charge on any atom is -0.497 e. The van der Waals surface area contributed by atoms with E-state index in [9.17, 15) is 5.11 Å². The van der Waals surface area contributed by atoms with E-state index < -0.39 is 0 Å². The molecule has 2 aromatic rings. The number of aliphatic hydroxyl groups is 1. The van der Waals surface area contributed by atoms with Crippen LogP contribution in [-0.4, -0.2) is 24.9 Å². The van der Waals surface area contributed by atoms with Gasteiger partial charge in [0.15, 0.2) is 0 Å². The van der Waals surface area contributed by atoms with Gasteiger partial charge in [-0.15, -0.1) is 0 Å². The first kappa shape index (κ1) is 13.7. The van der Waals surface area contributed by atoms with Crippen LogP contribution in [-0.2, 0) is 0 Å². The average molecular weight is 259 g/mol. The van der Waals surface area contributed by atoms with E-state index in [-0.39, 0.29) is 12.6 Å². The normalized spacial score (nSPS) is 12.7. The number of methoxy groups -OCH3 is 1. The molecule has 0 bridgehead atoms. The summed E-state index contributed by atoms with van der Waals surface area (Å²) >= 11 is 0. The smallest absolute Gasteiger partial charge is 0.119 e. The Morgan fingerprint density at radius 2 is 1.79 bits per heavy atom. The van der Waals surface area contributed by atoms with Gasteiger partial charge >= 0.3 is 0 Å². The number of aliphatic hydroxyl groups excluding tert-OH is 1. The summed E-state index contributed by atoms with van der Waals surface area (Å²) in [6.45, 7) is 4.33. The fourth-order valence-corrected chi connectivity index (χ4v) is 2.08. The molecule has 0 radical (unpaired) electrons. The molecule has 0 amide bonds. The van der Waals surface area contributed by atoms with Crippen molar-refractivity contribution in [1.82, 2.24) is 0 Å². The molecule has 0 aliphatic carbocycles. The molecule has 0 aliphatic heterocycles. The Kier molecular flexibility index (Phi) is 4.27. The predicted octanol–water partition coefficient (Wildman–Crippen LogP) is 3.28. The zero-order chi connectivity index (χ0) is 13.8. The van der Waals surface area contributed by atoms with Crippen LogP contribution in [0.15, 0.2) is 36.4 Å². The number of benzene rings is 2. The monoisotopic (exact) mass is 259 g/mol. The van der Waals surface area contributed by atoms with Crippen LogP contribution in [0.2, 0.25) is 0 Å². The SMILES string of the molecule is COc1ccc2cc(NC(CO)C(C)C)ccc2c1. The van der Waals surface area contributed by atoms with Gasteiger partial charge in [0.25, 0.3) is 0 Å². The zero-order valence-corrected chi connectivity index (χ0v) is 11.7. The Morgan fingerprint density at radius 1 is 1.11 bits per heavy atom. The molecule has 0 heterocycles. The van der Waals surface area contributed by atoms with E-state index >= 15 is 0 Å². The molecule has 0 aromatic heterocycles. The van der Waals surface area contributed by atoms with Crippen molar-refractivity contribution in [2.45, 2.75) is 19.9 Å². The summed E-state index contributed by atoms with van der Waals surface area (Å²) in [6.07, 6.45) is 0. The Hall–Kier alpha value is -1.74. The van der Waals surface area contributed by atoms with Gasteiger partial charge in [-0.25, -0.2) is 0 Å². The van der Waals surface area contributed by atoms with Crippen molar-refractivity contribution in [3.63, 3.8) is 0 Å². The van der Waals surface area contributed by atoms with E-state index in [2.05, 4.69) is 31.3 Å². The summed E-state index contributed by atoms with van der Waals surface area (Å²) in [5, 5.41) is 15.0. The van der Waals surface area contributed by atoms with E-state index in [0.29, 0.717) is 5.92 Å². The van der Waals surface area contributed by atoms with E-state index in [4.69, 9.17) is 4.74 Å². The van der Waals surface area contributed by atoms with Crippen LogP contribution in [0.3, 0.4) is 0 Å². The van der Waals surface area contributed by atoms with Crippen LogP contribution in [0.1, 0.15) is 13.8 Å². The van der Waals surface area contributed by atoms with Gasteiger partial charge in [0.2, 0.25) is 0 Å². The van der Waals surface area contributed by atoms with Crippen molar-refractivity contribution in [3.05, 3.63) is 36.4 Å². The first-order valence-corrected chi connectivity index (χ1v) is 6.59. The molecule has 0 fully saturated rings. The van der Waals surface area contributed by atoms with Crippen LogP contribution in [0.4, 0.5) is 5.69 Å². The van der Waals surface area contributed by atoms with Crippen molar-refractivity contribution in [2.24, 2.45) is 5.92 Å². The first-order valence-electron chi connectivity index (χ1n) is 6.59. The van der Waals surface area contributed by atoms with Gasteiger partial charge in [-0.2, -0.15) is 0 Å². The maximum absolute atomic E-state index is 9.36. The molecule has 2 N–H and O–H groups in total. The highest BCUT2D eigenvalue weighted by Gasteiger charge is 2.11. The molecule has 1 atom stereocenters. The fourth-order valence-electron chi connectivity index (χ4n) is 2.08. The predicted molar refractivity (Wildman–Crippen MR) is 79.8 cm³/mol. The van der Waals surface area contributed by atoms with Crippen molar-refractivity contribution in [1.29, 1.82) is 0 Å². The summed E-state index contributed by atoms with van der Waals surface area (Å²) in [7, 11) is 1.67. The molecule has 3 nitrogen and oxygen atoms in total. The second kappa shape index (κ2) is 5.93. The molecule has 0 saturated carbocycles. The second-order valence-electron chi connectivity index (χ2n) is 5.11. The third kappa shape index (κ3) is 3.18. The highest BCUT2D eigenvalue weighted by atomic mass is 16.5. The zero-order valence-electron chi connectivity index (χ0n) is 11.7. The molecule has 0 aliphatic rings. The number of rotatable bonds is 5. The van der Waals surface area contributed by atoms with Crippen molar-refractivity contribution in [2.75, 3.05) is 19.0 Å². The summed E-state index contributed by atoms with van der Waals surface area (Å²) in [5.74, 6) is 1.25. The Morgan fingerprint density at radius 3 is 2.42 bits per heavy atom. The third-order valence-electron chi connectivity index (χ3n) is 3.40. The van der Waals surface area contributed by atoms with Gasteiger partial charge in [-0.1, -0.05) is 26.0 Å². The summed E-state index contributed by atoms with van der Waals surface area (Å²) in [4.78, 5) is 0. The average Bonchev–Trinajstić information content (AvgIpc) is 2.43. The maximum Gasteiger partial charge on any atom is 0.119 e. The van der Waals surface area contributed by atoms with Crippen molar-refractivity contribution >= 4 is 16.5 Å². The lowest BCUT2D eigenvalue weighted by Crippen LogP contribution is -2.29. The Bertz CT molecular complexity index is 551. The van der Waals surface area contributed by atoms with Crippen LogP contribution >= 0.6 is 0 Å². The van der Waals surface area contributed by atoms with Gasteiger partial charge in [0.1, 0.15) is 5.75 Å².